The molecule has 1 aliphatic heterocycles. The lowest BCUT2D eigenvalue weighted by atomic mass is 9.98. The number of nitrogens with one attached hydrogen (secondary N) is 1. The molecule has 2 aromatic rings. The van der Waals surface area contributed by atoms with Gasteiger partial charge in [0.15, 0.2) is 0 Å². The molecule has 29 heavy (non-hydrogen) atoms. The number of rotatable bonds is 7. The summed E-state index contributed by atoms with van der Waals surface area (Å²) in [6.45, 7) is 1.43. The van der Waals surface area contributed by atoms with Crippen molar-refractivity contribution in [1.82, 2.24) is 20.1 Å². The number of benzene rings is 1. The molecule has 1 N–H and O–H groups in total. The van der Waals surface area contributed by atoms with Gasteiger partial charge in [0.25, 0.3) is 0 Å². The van der Waals surface area contributed by atoms with E-state index in [0.717, 1.165) is 36.2 Å². The van der Waals surface area contributed by atoms with Crippen molar-refractivity contribution in [2.45, 2.75) is 37.8 Å². The van der Waals surface area contributed by atoms with Crippen LogP contribution in [0.4, 0.5) is 0 Å². The molecule has 1 aromatic heterocycles. The van der Waals surface area contributed by atoms with E-state index in [2.05, 4.69) is 27.3 Å². The number of thiazole rings is 1. The summed E-state index contributed by atoms with van der Waals surface area (Å²) in [7, 11) is 4.02. The van der Waals surface area contributed by atoms with Gasteiger partial charge < -0.3 is 15.1 Å². The van der Waals surface area contributed by atoms with Gasteiger partial charge in [0.1, 0.15) is 0 Å². The molecule has 1 aliphatic carbocycles. The van der Waals surface area contributed by atoms with Crippen molar-refractivity contribution in [2.24, 2.45) is 5.41 Å². The van der Waals surface area contributed by atoms with Gasteiger partial charge in [-0.05, 0) is 38.9 Å². The first-order valence-corrected chi connectivity index (χ1v) is 11.0. The molecule has 2 atom stereocenters. The predicted molar refractivity (Wildman–Crippen MR) is 113 cm³/mol. The molecule has 2 amide bonds. The number of nitrogens with zero attached hydrogens (tertiary/aromatic N) is 3. The average molecular weight is 413 g/mol. The van der Waals surface area contributed by atoms with E-state index in [0.29, 0.717) is 13.0 Å². The van der Waals surface area contributed by atoms with Crippen LogP contribution in [0.3, 0.4) is 0 Å². The van der Waals surface area contributed by atoms with Gasteiger partial charge in [0.05, 0.1) is 29.4 Å². The fourth-order valence-electron chi connectivity index (χ4n) is 4.40. The molecule has 6 nitrogen and oxygen atoms in total. The second-order valence-electron chi connectivity index (χ2n) is 8.47. The molecular weight excluding hydrogens is 384 g/mol. The number of amides is 2. The molecule has 0 bridgehead atoms. The summed E-state index contributed by atoms with van der Waals surface area (Å²) in [6.07, 6.45) is 4.77. The van der Waals surface area contributed by atoms with Crippen molar-refractivity contribution >= 4 is 23.2 Å². The quantitative estimate of drug-likeness (QED) is 0.759. The molecule has 2 aliphatic rings. The zero-order valence-corrected chi connectivity index (χ0v) is 17.8. The van der Waals surface area contributed by atoms with Gasteiger partial charge >= 0.3 is 0 Å². The van der Waals surface area contributed by atoms with E-state index in [1.165, 1.54) is 11.3 Å². The molecule has 4 rings (SSSR count). The molecule has 1 aromatic carbocycles. The first-order chi connectivity index (χ1) is 14.0. The maximum absolute atomic E-state index is 13.1. The first-order valence-electron chi connectivity index (χ1n) is 10.2. The molecule has 154 valence electrons. The molecule has 2 unspecified atom stereocenters. The van der Waals surface area contributed by atoms with Crippen molar-refractivity contribution in [3.05, 3.63) is 52.5 Å². The maximum Gasteiger partial charge on any atom is 0.228 e. The smallest absolute Gasteiger partial charge is 0.228 e. The lowest BCUT2D eigenvalue weighted by molar-refractivity contribution is -0.133. The summed E-state index contributed by atoms with van der Waals surface area (Å²) in [5.41, 5.74) is 2.57. The van der Waals surface area contributed by atoms with Crippen molar-refractivity contribution in [3.8, 4) is 0 Å². The number of likely N-dealkylation sites (tertiary alicyclic amines) is 1. The van der Waals surface area contributed by atoms with Crippen LogP contribution in [0.25, 0.3) is 0 Å². The average Bonchev–Trinajstić information content (AvgIpc) is 3.11. The van der Waals surface area contributed by atoms with Gasteiger partial charge in [0.2, 0.25) is 11.8 Å². The Morgan fingerprint density at radius 3 is 2.66 bits per heavy atom. The van der Waals surface area contributed by atoms with Crippen LogP contribution in [0, 0.1) is 5.41 Å². The zero-order valence-electron chi connectivity index (χ0n) is 17.0. The third-order valence-electron chi connectivity index (χ3n) is 5.94. The Hall–Kier alpha value is -2.25. The minimum absolute atomic E-state index is 0.0602. The van der Waals surface area contributed by atoms with E-state index in [-0.39, 0.29) is 29.3 Å². The number of aromatic nitrogens is 1. The summed E-state index contributed by atoms with van der Waals surface area (Å²) >= 11 is 1.50. The van der Waals surface area contributed by atoms with E-state index in [9.17, 15) is 9.59 Å². The molecule has 1 saturated heterocycles. The van der Waals surface area contributed by atoms with Crippen LogP contribution in [0.1, 0.15) is 35.7 Å². The van der Waals surface area contributed by atoms with Crippen LogP contribution in [-0.2, 0) is 16.0 Å². The van der Waals surface area contributed by atoms with Gasteiger partial charge in [-0.1, -0.05) is 30.3 Å². The SMILES string of the molecule is CN(C)CC1(C(=O)NC2CCN(C(=O)Cc3cncs3)C2c2ccccc2)CC1. The fourth-order valence-corrected chi connectivity index (χ4v) is 4.99. The fraction of sp³-hybridized carbons (Fsp3) is 0.500. The normalized spacial score (nSPS) is 22.7. The van der Waals surface area contributed by atoms with Crippen LogP contribution in [0.5, 0.6) is 0 Å². The Bertz CT molecular complexity index is 849. The van der Waals surface area contributed by atoms with Crippen LogP contribution in [0.15, 0.2) is 42.0 Å². The highest BCUT2D eigenvalue weighted by molar-refractivity contribution is 7.09. The molecule has 0 spiro atoms. The molecule has 0 radical (unpaired) electrons. The highest BCUT2D eigenvalue weighted by atomic mass is 32.1. The van der Waals surface area contributed by atoms with Crippen LogP contribution < -0.4 is 5.32 Å². The summed E-state index contributed by atoms with van der Waals surface area (Å²) in [5, 5.41) is 3.31. The topological polar surface area (TPSA) is 65.5 Å². The van der Waals surface area contributed by atoms with Crippen LogP contribution in [0.2, 0.25) is 0 Å². The van der Waals surface area contributed by atoms with E-state index in [4.69, 9.17) is 0 Å². The summed E-state index contributed by atoms with van der Waals surface area (Å²) in [6, 6.07) is 9.88. The lowest BCUT2D eigenvalue weighted by Crippen LogP contribution is -2.46. The Balaban J connectivity index is 1.52. The number of carbonyl (C=O) groups excluding carboxylic acids is 2. The Morgan fingerprint density at radius 1 is 1.28 bits per heavy atom. The Kier molecular flexibility index (Phi) is 5.69. The lowest BCUT2D eigenvalue weighted by Gasteiger charge is -2.30. The van der Waals surface area contributed by atoms with E-state index in [1.807, 2.05) is 37.2 Å². The zero-order chi connectivity index (χ0) is 20.4. The Labute approximate surface area is 175 Å². The summed E-state index contributed by atoms with van der Waals surface area (Å²) in [5.74, 6) is 0.225. The molecular formula is C22H28N4O2S. The van der Waals surface area contributed by atoms with Crippen LogP contribution in [-0.4, -0.2) is 59.8 Å². The highest BCUT2D eigenvalue weighted by Gasteiger charge is 2.51. The maximum atomic E-state index is 13.1. The van der Waals surface area contributed by atoms with Crippen molar-refractivity contribution in [2.75, 3.05) is 27.2 Å². The van der Waals surface area contributed by atoms with E-state index < -0.39 is 0 Å². The third kappa shape index (κ3) is 4.36. The molecule has 7 heteroatoms. The minimum Gasteiger partial charge on any atom is -0.350 e. The first kappa shape index (κ1) is 20.0. The highest BCUT2D eigenvalue weighted by Crippen LogP contribution is 2.47. The van der Waals surface area contributed by atoms with E-state index >= 15 is 0 Å². The van der Waals surface area contributed by atoms with Gasteiger partial charge in [-0.3, -0.25) is 14.6 Å². The standard InChI is InChI=1S/C22H28N4O2S/c1-25(2)14-22(9-10-22)21(28)24-18-8-11-26(19(27)12-17-13-23-15-29-17)20(18)16-6-4-3-5-7-16/h3-7,13,15,18,20H,8-12,14H2,1-2H3,(H,24,28). The monoisotopic (exact) mass is 412 g/mol. The van der Waals surface area contributed by atoms with Crippen molar-refractivity contribution < 1.29 is 9.59 Å². The summed E-state index contributed by atoms with van der Waals surface area (Å²) < 4.78 is 0. The van der Waals surface area contributed by atoms with Gasteiger partial charge in [-0.25, -0.2) is 0 Å². The van der Waals surface area contributed by atoms with Crippen molar-refractivity contribution in [1.29, 1.82) is 0 Å². The van der Waals surface area contributed by atoms with Gasteiger partial charge in [-0.2, -0.15) is 0 Å². The van der Waals surface area contributed by atoms with Crippen molar-refractivity contribution in [3.63, 3.8) is 0 Å². The number of hydrogen-bond donors (Lipinski definition) is 1. The molecule has 1 saturated carbocycles. The number of hydrogen-bond acceptors (Lipinski definition) is 5. The summed E-state index contributed by atoms with van der Waals surface area (Å²) in [4.78, 5) is 35.2. The number of carbonyl (C=O) groups is 2. The van der Waals surface area contributed by atoms with E-state index in [1.54, 1.807) is 11.7 Å². The second kappa shape index (κ2) is 8.24. The van der Waals surface area contributed by atoms with Crippen LogP contribution >= 0.6 is 11.3 Å². The second-order valence-corrected chi connectivity index (χ2v) is 9.44. The molecule has 2 heterocycles. The van der Waals surface area contributed by atoms with Gasteiger partial charge in [0, 0.05) is 24.2 Å². The minimum atomic E-state index is -0.259. The molecule has 2 fully saturated rings. The third-order valence-corrected chi connectivity index (χ3v) is 6.72. The van der Waals surface area contributed by atoms with Gasteiger partial charge in [-0.15, -0.1) is 11.3 Å². The Morgan fingerprint density at radius 2 is 2.03 bits per heavy atom. The predicted octanol–water partition coefficient (Wildman–Crippen LogP) is 2.49. The largest absolute Gasteiger partial charge is 0.350 e.